The van der Waals surface area contributed by atoms with Crippen LogP contribution in [0.25, 0.3) is 0 Å². The molecule has 0 bridgehead atoms. The fourth-order valence-electron chi connectivity index (χ4n) is 1.61. The van der Waals surface area contributed by atoms with Crippen molar-refractivity contribution < 1.29 is 8.42 Å². The molecule has 1 aromatic heterocycles. The SMILES string of the molecule is Nc1ccc(S(=O)(=O)NCCc2ccc(Br)s2)c(Br)c1. The highest BCUT2D eigenvalue weighted by molar-refractivity contribution is 9.11. The van der Waals surface area contributed by atoms with E-state index >= 15 is 0 Å². The van der Waals surface area contributed by atoms with Crippen molar-refractivity contribution in [2.24, 2.45) is 0 Å². The summed E-state index contributed by atoms with van der Waals surface area (Å²) in [6, 6.07) is 8.55. The number of thiophene rings is 1. The number of anilines is 1. The van der Waals surface area contributed by atoms with E-state index in [9.17, 15) is 8.42 Å². The van der Waals surface area contributed by atoms with Gasteiger partial charge < -0.3 is 5.73 Å². The minimum Gasteiger partial charge on any atom is -0.399 e. The van der Waals surface area contributed by atoms with E-state index in [0.717, 1.165) is 8.66 Å². The lowest BCUT2D eigenvalue weighted by Crippen LogP contribution is -2.26. The first-order valence-corrected chi connectivity index (χ1v) is 9.56. The summed E-state index contributed by atoms with van der Waals surface area (Å²) in [5, 5.41) is 0. The first kappa shape index (κ1) is 16.0. The average molecular weight is 440 g/mol. The molecule has 0 aliphatic rings. The van der Waals surface area contributed by atoms with Crippen molar-refractivity contribution in [3.8, 4) is 0 Å². The maximum absolute atomic E-state index is 12.2. The topological polar surface area (TPSA) is 72.2 Å². The van der Waals surface area contributed by atoms with Crippen LogP contribution in [0.4, 0.5) is 5.69 Å². The molecule has 8 heteroatoms. The second-order valence-electron chi connectivity index (χ2n) is 4.04. The molecule has 3 N–H and O–H groups in total. The maximum Gasteiger partial charge on any atom is 0.241 e. The molecule has 0 atom stereocenters. The van der Waals surface area contributed by atoms with Gasteiger partial charge in [0, 0.05) is 21.6 Å². The highest BCUT2D eigenvalue weighted by Gasteiger charge is 2.17. The molecular weight excluding hydrogens is 428 g/mol. The number of hydrogen-bond donors (Lipinski definition) is 2. The minimum absolute atomic E-state index is 0.194. The third-order valence-electron chi connectivity index (χ3n) is 2.54. The summed E-state index contributed by atoms with van der Waals surface area (Å²) in [6.45, 7) is 0.353. The van der Waals surface area contributed by atoms with E-state index in [1.165, 1.54) is 6.07 Å². The zero-order valence-electron chi connectivity index (χ0n) is 10.3. The van der Waals surface area contributed by atoms with Crippen LogP contribution in [0, 0.1) is 0 Å². The van der Waals surface area contributed by atoms with E-state index in [1.54, 1.807) is 23.5 Å². The molecule has 0 unspecified atom stereocenters. The number of hydrogen-bond acceptors (Lipinski definition) is 4. The molecule has 0 amide bonds. The van der Waals surface area contributed by atoms with Crippen LogP contribution < -0.4 is 10.5 Å². The molecular formula is C12H12Br2N2O2S2. The molecule has 0 aliphatic heterocycles. The number of benzene rings is 1. The lowest BCUT2D eigenvalue weighted by molar-refractivity contribution is 0.581. The Morgan fingerprint density at radius 2 is 1.95 bits per heavy atom. The monoisotopic (exact) mass is 438 g/mol. The smallest absolute Gasteiger partial charge is 0.241 e. The Kier molecular flexibility index (Phi) is 5.25. The maximum atomic E-state index is 12.2. The Labute approximate surface area is 138 Å². The van der Waals surface area contributed by atoms with Crippen molar-refractivity contribution in [2.75, 3.05) is 12.3 Å². The zero-order valence-corrected chi connectivity index (χ0v) is 15.1. The van der Waals surface area contributed by atoms with Gasteiger partial charge in [-0.1, -0.05) is 0 Å². The van der Waals surface area contributed by atoms with Crippen molar-refractivity contribution in [1.82, 2.24) is 4.72 Å². The summed E-state index contributed by atoms with van der Waals surface area (Å²) in [4.78, 5) is 1.31. The second kappa shape index (κ2) is 6.57. The molecule has 0 fully saturated rings. The van der Waals surface area contributed by atoms with Crippen molar-refractivity contribution in [3.63, 3.8) is 0 Å². The molecule has 0 aliphatic carbocycles. The highest BCUT2D eigenvalue weighted by atomic mass is 79.9. The Balaban J connectivity index is 2.04. The van der Waals surface area contributed by atoms with Crippen molar-refractivity contribution in [1.29, 1.82) is 0 Å². The largest absolute Gasteiger partial charge is 0.399 e. The Hall–Kier alpha value is -0.410. The van der Waals surface area contributed by atoms with E-state index in [2.05, 4.69) is 36.6 Å². The molecule has 1 heterocycles. The van der Waals surface area contributed by atoms with Crippen LogP contribution in [-0.4, -0.2) is 15.0 Å². The van der Waals surface area contributed by atoms with Crippen LogP contribution >= 0.6 is 43.2 Å². The number of nitrogens with one attached hydrogen (secondary N) is 1. The Morgan fingerprint density at radius 3 is 2.55 bits per heavy atom. The van der Waals surface area contributed by atoms with Gasteiger partial charge in [0.25, 0.3) is 0 Å². The summed E-state index contributed by atoms with van der Waals surface area (Å²) in [6.07, 6.45) is 0.655. The van der Waals surface area contributed by atoms with Crippen LogP contribution in [0.3, 0.4) is 0 Å². The van der Waals surface area contributed by atoms with Gasteiger partial charge in [-0.25, -0.2) is 13.1 Å². The molecule has 0 saturated heterocycles. The lowest BCUT2D eigenvalue weighted by atomic mass is 10.3. The first-order chi connectivity index (χ1) is 9.38. The van der Waals surface area contributed by atoms with Gasteiger partial charge in [-0.05, 0) is 68.6 Å². The fraction of sp³-hybridized carbons (Fsp3) is 0.167. The number of nitrogens with two attached hydrogens (primary N) is 1. The molecule has 4 nitrogen and oxygen atoms in total. The van der Waals surface area contributed by atoms with Crippen molar-refractivity contribution in [3.05, 3.63) is 43.5 Å². The summed E-state index contributed by atoms with van der Waals surface area (Å²) in [5.74, 6) is 0. The molecule has 0 spiro atoms. The third kappa shape index (κ3) is 4.05. The molecule has 1 aromatic carbocycles. The van der Waals surface area contributed by atoms with Crippen LogP contribution in [0.5, 0.6) is 0 Å². The van der Waals surface area contributed by atoms with E-state index in [1.807, 2.05) is 12.1 Å². The average Bonchev–Trinajstić information content (AvgIpc) is 2.74. The molecule has 0 radical (unpaired) electrons. The van der Waals surface area contributed by atoms with E-state index in [-0.39, 0.29) is 4.90 Å². The number of halogens is 2. The summed E-state index contributed by atoms with van der Waals surface area (Å²) < 4.78 is 28.4. The standard InChI is InChI=1S/C12H12Br2N2O2S2/c13-10-7-8(15)1-3-11(10)20(17,18)16-6-5-9-2-4-12(14)19-9/h1-4,7,16H,5-6,15H2. The predicted octanol–water partition coefficient (Wildman–Crippen LogP) is 3.38. The fourth-order valence-corrected chi connectivity index (χ4v) is 5.22. The third-order valence-corrected chi connectivity index (χ3v) is 6.66. The van der Waals surface area contributed by atoms with Gasteiger partial charge in [0.05, 0.1) is 8.68 Å². The van der Waals surface area contributed by atoms with Crippen LogP contribution in [-0.2, 0) is 16.4 Å². The minimum atomic E-state index is -3.53. The lowest BCUT2D eigenvalue weighted by Gasteiger charge is -2.08. The summed E-state index contributed by atoms with van der Waals surface area (Å²) >= 11 is 8.19. The van der Waals surface area contributed by atoms with Gasteiger partial charge in [-0.3, -0.25) is 0 Å². The van der Waals surface area contributed by atoms with Crippen LogP contribution in [0.1, 0.15) is 4.88 Å². The number of nitrogen functional groups attached to an aromatic ring is 1. The quantitative estimate of drug-likeness (QED) is 0.701. The van der Waals surface area contributed by atoms with E-state index in [0.29, 0.717) is 23.1 Å². The summed E-state index contributed by atoms with van der Waals surface area (Å²) in [7, 11) is -3.53. The van der Waals surface area contributed by atoms with Crippen LogP contribution in [0.15, 0.2) is 43.5 Å². The molecule has 20 heavy (non-hydrogen) atoms. The van der Waals surface area contributed by atoms with Crippen molar-refractivity contribution in [2.45, 2.75) is 11.3 Å². The van der Waals surface area contributed by atoms with Gasteiger partial charge in [-0.15, -0.1) is 11.3 Å². The number of sulfonamides is 1. The van der Waals surface area contributed by atoms with Crippen LogP contribution in [0.2, 0.25) is 0 Å². The molecule has 108 valence electrons. The predicted molar refractivity (Wildman–Crippen MR) is 89.5 cm³/mol. The molecule has 2 aromatic rings. The molecule has 2 rings (SSSR count). The van der Waals surface area contributed by atoms with E-state index in [4.69, 9.17) is 5.73 Å². The zero-order chi connectivity index (χ0) is 14.8. The van der Waals surface area contributed by atoms with Gasteiger partial charge in [-0.2, -0.15) is 0 Å². The van der Waals surface area contributed by atoms with Gasteiger partial charge >= 0.3 is 0 Å². The normalized spacial score (nSPS) is 11.7. The van der Waals surface area contributed by atoms with E-state index < -0.39 is 10.0 Å². The highest BCUT2D eigenvalue weighted by Crippen LogP contribution is 2.25. The Bertz CT molecular complexity index is 714. The first-order valence-electron chi connectivity index (χ1n) is 5.67. The second-order valence-corrected chi connectivity index (χ2v) is 9.18. The Morgan fingerprint density at radius 1 is 1.20 bits per heavy atom. The summed E-state index contributed by atoms with van der Waals surface area (Å²) in [5.41, 5.74) is 6.11. The van der Waals surface area contributed by atoms with Gasteiger partial charge in [0.15, 0.2) is 0 Å². The molecule has 0 saturated carbocycles. The number of rotatable bonds is 5. The van der Waals surface area contributed by atoms with Gasteiger partial charge in [0.2, 0.25) is 10.0 Å². The van der Waals surface area contributed by atoms with Crippen molar-refractivity contribution >= 4 is 58.9 Å². The van der Waals surface area contributed by atoms with Gasteiger partial charge in [0.1, 0.15) is 0 Å².